The Balaban J connectivity index is 2.53. The fourth-order valence-corrected chi connectivity index (χ4v) is 1.92. The number of hydrogen-bond donors (Lipinski definition) is 2. The van der Waals surface area contributed by atoms with Crippen molar-refractivity contribution >= 4 is 17.7 Å². The zero-order valence-electron chi connectivity index (χ0n) is 10.1. The van der Waals surface area contributed by atoms with Crippen molar-refractivity contribution in [3.05, 3.63) is 23.9 Å². The Morgan fingerprint density at radius 2 is 2.41 bits per heavy atom. The summed E-state index contributed by atoms with van der Waals surface area (Å²) < 4.78 is 0. The number of carbonyl (C=O) groups excluding carboxylic acids is 1. The molecule has 0 saturated carbocycles. The van der Waals surface area contributed by atoms with Crippen molar-refractivity contribution in [2.24, 2.45) is 0 Å². The van der Waals surface area contributed by atoms with E-state index in [-0.39, 0.29) is 12.0 Å². The highest BCUT2D eigenvalue weighted by atomic mass is 32.2. The fourth-order valence-electron chi connectivity index (χ4n) is 1.27. The van der Waals surface area contributed by atoms with Crippen LogP contribution in [-0.2, 0) is 0 Å². The number of aromatic nitrogens is 1. The van der Waals surface area contributed by atoms with Crippen LogP contribution in [0.15, 0.2) is 23.4 Å². The molecular weight excluding hydrogens is 236 g/mol. The molecule has 17 heavy (non-hydrogen) atoms. The second kappa shape index (κ2) is 7.29. The first-order valence-electron chi connectivity index (χ1n) is 5.68. The number of amides is 1. The maximum absolute atomic E-state index is 11.8. The Morgan fingerprint density at radius 3 is 3.06 bits per heavy atom. The molecule has 2 N–H and O–H groups in total. The van der Waals surface area contributed by atoms with Gasteiger partial charge in [-0.1, -0.05) is 6.92 Å². The summed E-state index contributed by atoms with van der Waals surface area (Å²) >= 11 is 1.60. The van der Waals surface area contributed by atoms with Crippen molar-refractivity contribution in [2.45, 2.75) is 31.4 Å². The lowest BCUT2D eigenvalue weighted by Gasteiger charge is -2.07. The van der Waals surface area contributed by atoms with Gasteiger partial charge in [0.25, 0.3) is 5.91 Å². The summed E-state index contributed by atoms with van der Waals surface area (Å²) in [5.41, 5.74) is 0.613. The van der Waals surface area contributed by atoms with E-state index in [1.54, 1.807) is 37.0 Å². The van der Waals surface area contributed by atoms with Gasteiger partial charge in [0.1, 0.15) is 0 Å². The molecule has 1 aromatic rings. The molecule has 1 rings (SSSR count). The summed E-state index contributed by atoms with van der Waals surface area (Å²) in [5, 5.41) is 12.7. The Labute approximate surface area is 106 Å². The zero-order chi connectivity index (χ0) is 12.7. The molecule has 1 atom stereocenters. The average Bonchev–Trinajstić information content (AvgIpc) is 2.29. The van der Waals surface area contributed by atoms with Crippen LogP contribution in [0.3, 0.4) is 0 Å². The molecule has 1 aromatic heterocycles. The number of aliphatic hydroxyl groups excluding tert-OH is 1. The van der Waals surface area contributed by atoms with Crippen molar-refractivity contribution in [3.8, 4) is 0 Å². The van der Waals surface area contributed by atoms with Crippen molar-refractivity contribution in [2.75, 3.05) is 12.3 Å². The van der Waals surface area contributed by atoms with Crippen LogP contribution in [0.25, 0.3) is 0 Å². The lowest BCUT2D eigenvalue weighted by molar-refractivity contribution is 0.0945. The summed E-state index contributed by atoms with van der Waals surface area (Å²) in [6.07, 6.45) is 1.81. The zero-order valence-corrected chi connectivity index (χ0v) is 11.0. The molecule has 0 bridgehead atoms. The molecule has 5 heteroatoms. The molecule has 0 aliphatic carbocycles. The van der Waals surface area contributed by atoms with E-state index < -0.39 is 0 Å². The van der Waals surface area contributed by atoms with Gasteiger partial charge in [0, 0.05) is 18.3 Å². The second-order valence-corrected chi connectivity index (χ2v) is 4.99. The lowest BCUT2D eigenvalue weighted by Crippen LogP contribution is -2.26. The molecule has 0 saturated heterocycles. The number of nitrogens with zero attached hydrogens (tertiary/aromatic N) is 1. The number of rotatable bonds is 6. The molecule has 0 spiro atoms. The first-order chi connectivity index (χ1) is 8.13. The monoisotopic (exact) mass is 254 g/mol. The van der Waals surface area contributed by atoms with Crippen LogP contribution in [0.4, 0.5) is 0 Å². The first kappa shape index (κ1) is 14.0. The largest absolute Gasteiger partial charge is 0.393 e. The van der Waals surface area contributed by atoms with E-state index in [1.807, 2.05) is 6.92 Å². The van der Waals surface area contributed by atoms with Crippen LogP contribution >= 0.6 is 11.8 Å². The van der Waals surface area contributed by atoms with E-state index in [2.05, 4.69) is 10.3 Å². The van der Waals surface area contributed by atoms with Gasteiger partial charge in [-0.2, -0.15) is 0 Å². The molecule has 1 unspecified atom stereocenters. The number of pyridine rings is 1. The minimum atomic E-state index is -0.390. The topological polar surface area (TPSA) is 62.2 Å². The van der Waals surface area contributed by atoms with Crippen molar-refractivity contribution in [1.82, 2.24) is 10.3 Å². The van der Waals surface area contributed by atoms with Crippen LogP contribution in [0, 0.1) is 0 Å². The molecule has 0 aromatic carbocycles. The molecular formula is C12H18N2O2S. The van der Waals surface area contributed by atoms with Crippen molar-refractivity contribution < 1.29 is 9.90 Å². The molecule has 0 aliphatic rings. The maximum Gasteiger partial charge on any atom is 0.251 e. The summed E-state index contributed by atoms with van der Waals surface area (Å²) in [7, 11) is 0. The van der Waals surface area contributed by atoms with E-state index in [0.29, 0.717) is 18.5 Å². The third-order valence-corrected chi connectivity index (χ3v) is 2.94. The maximum atomic E-state index is 11.8. The number of nitrogens with one attached hydrogen (secondary N) is 1. The van der Waals surface area contributed by atoms with Crippen LogP contribution in [-0.4, -0.2) is 34.4 Å². The van der Waals surface area contributed by atoms with Gasteiger partial charge in [-0.05, 0) is 31.2 Å². The van der Waals surface area contributed by atoms with Crippen LogP contribution in [0.1, 0.15) is 30.6 Å². The molecule has 0 fully saturated rings. The summed E-state index contributed by atoms with van der Waals surface area (Å²) in [6, 6.07) is 3.48. The highest BCUT2D eigenvalue weighted by Crippen LogP contribution is 2.15. The number of carbonyl (C=O) groups is 1. The van der Waals surface area contributed by atoms with Gasteiger partial charge in [-0.25, -0.2) is 4.98 Å². The third kappa shape index (κ3) is 5.19. The van der Waals surface area contributed by atoms with Crippen molar-refractivity contribution in [3.63, 3.8) is 0 Å². The van der Waals surface area contributed by atoms with Gasteiger partial charge in [-0.3, -0.25) is 4.79 Å². The summed E-state index contributed by atoms with van der Waals surface area (Å²) in [4.78, 5) is 15.9. The lowest BCUT2D eigenvalue weighted by atomic mass is 10.2. The Bertz CT molecular complexity index is 369. The van der Waals surface area contributed by atoms with E-state index in [9.17, 15) is 4.79 Å². The van der Waals surface area contributed by atoms with Gasteiger partial charge >= 0.3 is 0 Å². The van der Waals surface area contributed by atoms with E-state index in [4.69, 9.17) is 5.11 Å². The Hall–Kier alpha value is -1.07. The molecule has 0 radical (unpaired) electrons. The minimum Gasteiger partial charge on any atom is -0.393 e. The predicted octanol–water partition coefficient (Wildman–Crippen LogP) is 1.69. The predicted molar refractivity (Wildman–Crippen MR) is 69.3 cm³/mol. The second-order valence-electron chi connectivity index (χ2n) is 3.71. The standard InChI is InChI=1S/C12H18N2O2S/c1-3-17-11-8-10(5-7-13-11)12(16)14-6-4-9(2)15/h5,7-9,15H,3-4,6H2,1-2H3,(H,14,16). The van der Waals surface area contributed by atoms with Crippen LogP contribution < -0.4 is 5.32 Å². The van der Waals surface area contributed by atoms with Gasteiger partial charge in [0.05, 0.1) is 11.1 Å². The van der Waals surface area contributed by atoms with Gasteiger partial charge < -0.3 is 10.4 Å². The Morgan fingerprint density at radius 1 is 1.65 bits per heavy atom. The van der Waals surface area contributed by atoms with Crippen LogP contribution in [0.2, 0.25) is 0 Å². The van der Waals surface area contributed by atoms with Gasteiger partial charge in [-0.15, -0.1) is 11.8 Å². The van der Waals surface area contributed by atoms with Crippen molar-refractivity contribution in [1.29, 1.82) is 0 Å². The molecule has 1 amide bonds. The third-order valence-electron chi connectivity index (χ3n) is 2.14. The fraction of sp³-hybridized carbons (Fsp3) is 0.500. The van der Waals surface area contributed by atoms with Gasteiger partial charge in [0.15, 0.2) is 0 Å². The van der Waals surface area contributed by atoms with E-state index in [1.165, 1.54) is 0 Å². The molecule has 94 valence electrons. The first-order valence-corrected chi connectivity index (χ1v) is 6.67. The summed E-state index contributed by atoms with van der Waals surface area (Å²) in [5.74, 6) is 0.811. The molecule has 0 aliphatic heterocycles. The normalized spacial score (nSPS) is 12.2. The summed E-state index contributed by atoms with van der Waals surface area (Å²) in [6.45, 7) is 4.23. The number of thioether (sulfide) groups is 1. The molecule has 4 nitrogen and oxygen atoms in total. The highest BCUT2D eigenvalue weighted by molar-refractivity contribution is 7.99. The quantitative estimate of drug-likeness (QED) is 0.758. The van der Waals surface area contributed by atoms with Crippen LogP contribution in [0.5, 0.6) is 0 Å². The highest BCUT2D eigenvalue weighted by Gasteiger charge is 2.06. The SMILES string of the molecule is CCSc1cc(C(=O)NCCC(C)O)ccn1. The van der Waals surface area contributed by atoms with E-state index >= 15 is 0 Å². The number of hydrogen-bond acceptors (Lipinski definition) is 4. The Kier molecular flexibility index (Phi) is 6.00. The number of aliphatic hydroxyl groups is 1. The van der Waals surface area contributed by atoms with Gasteiger partial charge in [0.2, 0.25) is 0 Å². The van der Waals surface area contributed by atoms with E-state index in [0.717, 1.165) is 10.8 Å². The molecule has 1 heterocycles. The average molecular weight is 254 g/mol. The minimum absolute atomic E-state index is 0.119. The smallest absolute Gasteiger partial charge is 0.251 e.